The molecule has 0 saturated carbocycles. The van der Waals surface area contributed by atoms with Gasteiger partial charge in [0, 0.05) is 45.2 Å². The lowest BCUT2D eigenvalue weighted by atomic mass is 9.87. The molecule has 2 atom stereocenters. The minimum atomic E-state index is -5.17. The summed E-state index contributed by atoms with van der Waals surface area (Å²) in [4.78, 5) is 40.1. The molecule has 316 valence electrons. The summed E-state index contributed by atoms with van der Waals surface area (Å²) < 4.78 is 138. The van der Waals surface area contributed by atoms with Gasteiger partial charge in [0.05, 0.1) is 59.7 Å². The Hall–Kier alpha value is -4.85. The Balaban J connectivity index is 1.40. The van der Waals surface area contributed by atoms with Crippen LogP contribution in [-0.2, 0) is 39.3 Å². The van der Waals surface area contributed by atoms with Gasteiger partial charge in [-0.2, -0.15) is 39.5 Å². The molecule has 1 aromatic heterocycles. The van der Waals surface area contributed by atoms with E-state index in [-0.39, 0.29) is 55.2 Å². The van der Waals surface area contributed by atoms with Crippen LogP contribution in [0.1, 0.15) is 72.9 Å². The number of carboxylic acid groups (broad SMARTS) is 1. The second-order valence-electron chi connectivity index (χ2n) is 14.5. The van der Waals surface area contributed by atoms with E-state index >= 15 is 0 Å². The van der Waals surface area contributed by atoms with Crippen LogP contribution in [0.2, 0.25) is 0 Å². The summed E-state index contributed by atoms with van der Waals surface area (Å²) in [6, 6.07) is 1.80. The number of aliphatic carboxylic acids is 1. The van der Waals surface area contributed by atoms with Crippen molar-refractivity contribution in [3.8, 4) is 0 Å². The maximum absolute atomic E-state index is 14.3. The Kier molecular flexibility index (Phi) is 12.7. The van der Waals surface area contributed by atoms with E-state index in [4.69, 9.17) is 14.6 Å². The van der Waals surface area contributed by atoms with Crippen molar-refractivity contribution in [2.24, 2.45) is 5.92 Å². The summed E-state index contributed by atoms with van der Waals surface area (Å²) in [6.45, 7) is 3.52. The molecule has 3 aliphatic heterocycles. The summed E-state index contributed by atoms with van der Waals surface area (Å²) in [7, 11) is 0. The minimum Gasteiger partial charge on any atom is -0.481 e. The molecule has 11 nitrogen and oxygen atoms in total. The van der Waals surface area contributed by atoms with Crippen molar-refractivity contribution in [1.29, 1.82) is 0 Å². The number of nitrogens with zero attached hydrogens (tertiary/aromatic N) is 6. The third-order valence-corrected chi connectivity index (χ3v) is 10.7. The number of alkyl halides is 9. The number of piperidine rings is 1. The number of hydrogen-bond donors (Lipinski definition) is 1. The Morgan fingerprint density at radius 2 is 1.47 bits per heavy atom. The van der Waals surface area contributed by atoms with Crippen LogP contribution >= 0.6 is 0 Å². The Bertz CT molecular complexity index is 1880. The standard InChI is InChI=1S/C38H41F9N6O5/c1-2-28-18-32(30-17-25(36(39,40)41)3-4-31(30)53(28)35(56)58-22-50-7-5-23(6-8-50)15-33(54)55)52(34-48-19-29(20-49-34)51-9-11-57-12-10-51)21-24-13-26(37(42,43)44)16-27(14-24)38(45,46)47/h3-4,13-14,16-17,19-20,23,28,32H,2,5-12,15,18,21-22H2,1H3,(H,54,55). The van der Waals surface area contributed by atoms with Crippen LogP contribution in [0.5, 0.6) is 0 Å². The zero-order chi connectivity index (χ0) is 42.0. The maximum atomic E-state index is 14.3. The molecule has 6 rings (SSSR count). The summed E-state index contributed by atoms with van der Waals surface area (Å²) in [5.74, 6) is -1.14. The third kappa shape index (κ3) is 10.0. The highest BCUT2D eigenvalue weighted by Crippen LogP contribution is 2.46. The van der Waals surface area contributed by atoms with Gasteiger partial charge >= 0.3 is 30.6 Å². The molecule has 58 heavy (non-hydrogen) atoms. The monoisotopic (exact) mass is 832 g/mol. The van der Waals surface area contributed by atoms with Crippen molar-refractivity contribution in [2.45, 2.75) is 76.2 Å². The predicted molar refractivity (Wildman–Crippen MR) is 191 cm³/mol. The van der Waals surface area contributed by atoms with Crippen LogP contribution in [-0.4, -0.2) is 84.2 Å². The third-order valence-electron chi connectivity index (χ3n) is 10.7. The highest BCUT2D eigenvalue weighted by molar-refractivity contribution is 5.90. The van der Waals surface area contributed by atoms with E-state index in [1.807, 2.05) is 9.80 Å². The van der Waals surface area contributed by atoms with Crippen molar-refractivity contribution < 1.29 is 63.7 Å². The van der Waals surface area contributed by atoms with Crippen molar-refractivity contribution in [1.82, 2.24) is 14.9 Å². The molecule has 0 spiro atoms. The Labute approximate surface area is 327 Å². The lowest BCUT2D eigenvalue weighted by molar-refractivity contribution is -0.143. The van der Waals surface area contributed by atoms with Crippen LogP contribution in [0.3, 0.4) is 0 Å². The number of carbonyl (C=O) groups is 2. The van der Waals surface area contributed by atoms with Gasteiger partial charge in [0.1, 0.15) is 6.73 Å². The molecule has 2 fully saturated rings. The summed E-state index contributed by atoms with van der Waals surface area (Å²) in [5.41, 5.74) is -4.28. The molecule has 20 heteroatoms. The van der Waals surface area contributed by atoms with Crippen LogP contribution in [0.25, 0.3) is 0 Å². The highest BCUT2D eigenvalue weighted by atomic mass is 19.4. The first-order valence-electron chi connectivity index (χ1n) is 18.6. The van der Waals surface area contributed by atoms with Crippen molar-refractivity contribution >= 4 is 29.4 Å². The van der Waals surface area contributed by atoms with Crippen LogP contribution in [0, 0.1) is 5.92 Å². The minimum absolute atomic E-state index is 0.00349. The smallest absolute Gasteiger partial charge is 0.416 e. The molecular formula is C38H41F9N6O5. The van der Waals surface area contributed by atoms with Gasteiger partial charge in [0.2, 0.25) is 5.95 Å². The van der Waals surface area contributed by atoms with E-state index in [2.05, 4.69) is 9.97 Å². The lowest BCUT2D eigenvalue weighted by Gasteiger charge is -2.44. The van der Waals surface area contributed by atoms with Gasteiger partial charge in [0.25, 0.3) is 0 Å². The number of ether oxygens (including phenoxy) is 2. The van der Waals surface area contributed by atoms with E-state index in [9.17, 15) is 49.1 Å². The quantitative estimate of drug-likeness (QED) is 0.200. The number of carboxylic acids is 1. The molecule has 3 aliphatic rings. The summed E-state index contributed by atoms with van der Waals surface area (Å²) >= 11 is 0. The van der Waals surface area contributed by atoms with E-state index in [1.165, 1.54) is 22.2 Å². The van der Waals surface area contributed by atoms with Gasteiger partial charge in [0.15, 0.2) is 0 Å². The van der Waals surface area contributed by atoms with E-state index in [0.29, 0.717) is 70.1 Å². The largest absolute Gasteiger partial charge is 0.481 e. The number of hydrogen-bond acceptors (Lipinski definition) is 9. The zero-order valence-corrected chi connectivity index (χ0v) is 31.2. The summed E-state index contributed by atoms with van der Waals surface area (Å²) in [6.07, 6.45) is -12.1. The maximum Gasteiger partial charge on any atom is 0.416 e. The van der Waals surface area contributed by atoms with Gasteiger partial charge in [-0.1, -0.05) is 6.92 Å². The average Bonchev–Trinajstić information content (AvgIpc) is 3.18. The number of amides is 1. The fraction of sp³-hybridized carbons (Fsp3) is 0.526. The van der Waals surface area contributed by atoms with E-state index in [1.54, 1.807) is 6.92 Å². The van der Waals surface area contributed by atoms with Gasteiger partial charge in [-0.25, -0.2) is 14.8 Å². The first kappa shape index (κ1) is 42.7. The molecule has 3 aromatic rings. The number of benzene rings is 2. The van der Waals surface area contributed by atoms with Gasteiger partial charge < -0.3 is 24.4 Å². The molecule has 0 aliphatic carbocycles. The number of halogens is 9. The number of carbonyl (C=O) groups excluding carboxylic acids is 1. The summed E-state index contributed by atoms with van der Waals surface area (Å²) in [5, 5.41) is 9.13. The van der Waals surface area contributed by atoms with Crippen LogP contribution in [0.4, 0.5) is 61.6 Å². The SMILES string of the molecule is CCC1CC(N(Cc2cc(C(F)(F)F)cc(C(F)(F)F)c2)c2ncc(N3CCOCC3)cn2)c2cc(C(F)(F)F)ccc2N1C(=O)OCN1CCC(CC(=O)O)CC1. The Morgan fingerprint density at radius 3 is 2.02 bits per heavy atom. The van der Waals surface area contributed by atoms with E-state index < -0.39 is 71.5 Å². The molecule has 4 heterocycles. The second-order valence-corrected chi connectivity index (χ2v) is 14.5. The molecule has 2 aromatic carbocycles. The van der Waals surface area contributed by atoms with Gasteiger partial charge in [-0.15, -0.1) is 0 Å². The first-order valence-corrected chi connectivity index (χ1v) is 18.6. The lowest BCUT2D eigenvalue weighted by Crippen LogP contribution is -2.49. The van der Waals surface area contributed by atoms with Crippen molar-refractivity contribution in [3.63, 3.8) is 0 Å². The van der Waals surface area contributed by atoms with Crippen LogP contribution < -0.4 is 14.7 Å². The number of likely N-dealkylation sites (tertiary alicyclic amines) is 1. The van der Waals surface area contributed by atoms with Crippen molar-refractivity contribution in [3.05, 3.63) is 76.6 Å². The second kappa shape index (κ2) is 17.2. The first-order chi connectivity index (χ1) is 27.3. The number of morpholine rings is 1. The molecule has 1 N–H and O–H groups in total. The molecule has 2 unspecified atom stereocenters. The predicted octanol–water partition coefficient (Wildman–Crippen LogP) is 8.39. The topological polar surface area (TPSA) is 112 Å². The molecule has 2 saturated heterocycles. The average molecular weight is 833 g/mol. The molecular weight excluding hydrogens is 791 g/mol. The number of rotatable bonds is 10. The molecule has 0 bridgehead atoms. The van der Waals surface area contributed by atoms with E-state index in [0.717, 1.165) is 18.2 Å². The number of anilines is 3. The Morgan fingerprint density at radius 1 is 0.862 bits per heavy atom. The number of aromatic nitrogens is 2. The normalized spacial score (nSPS) is 19.8. The van der Waals surface area contributed by atoms with Gasteiger partial charge in [-0.05, 0) is 79.1 Å². The zero-order valence-electron chi connectivity index (χ0n) is 31.2. The fourth-order valence-electron chi connectivity index (χ4n) is 7.65. The van der Waals surface area contributed by atoms with Gasteiger partial charge in [-0.3, -0.25) is 14.6 Å². The number of fused-ring (bicyclic) bond motifs is 1. The molecule has 0 radical (unpaired) electrons. The highest BCUT2D eigenvalue weighted by Gasteiger charge is 2.43. The van der Waals surface area contributed by atoms with Crippen LogP contribution in [0.15, 0.2) is 48.8 Å². The van der Waals surface area contributed by atoms with Crippen molar-refractivity contribution in [2.75, 3.05) is 60.8 Å². The fourth-order valence-corrected chi connectivity index (χ4v) is 7.65. The molecule has 1 amide bonds.